The molecule has 1 aliphatic rings. The summed E-state index contributed by atoms with van der Waals surface area (Å²) in [6.07, 6.45) is 1.73. The molecule has 0 fully saturated rings. The average Bonchev–Trinajstić information content (AvgIpc) is 2.53. The van der Waals surface area contributed by atoms with Crippen molar-refractivity contribution in [2.45, 2.75) is 12.5 Å². The zero-order chi connectivity index (χ0) is 13.8. The number of fused-ring (bicyclic) bond motifs is 1. The Morgan fingerprint density at radius 3 is 3.00 bits per heavy atom. The maximum absolute atomic E-state index is 10.7. The second-order valence-electron chi connectivity index (χ2n) is 4.81. The van der Waals surface area contributed by atoms with Gasteiger partial charge in [0.2, 0.25) is 0 Å². The molecule has 0 N–H and O–H groups in total. The second-order valence-corrected chi connectivity index (χ2v) is 4.81. The molecule has 3 heteroatoms. The van der Waals surface area contributed by atoms with E-state index in [1.165, 1.54) is 11.1 Å². The molecule has 1 aliphatic heterocycles. The topological polar surface area (TPSA) is 35.5 Å². The molecule has 0 aromatic heterocycles. The van der Waals surface area contributed by atoms with Crippen LogP contribution < -0.4 is 4.74 Å². The molecule has 3 rings (SSSR count). The minimum Gasteiger partial charge on any atom is -0.490 e. The van der Waals surface area contributed by atoms with Gasteiger partial charge in [-0.3, -0.25) is 4.79 Å². The van der Waals surface area contributed by atoms with Crippen molar-refractivity contribution in [2.24, 2.45) is 0 Å². The van der Waals surface area contributed by atoms with Gasteiger partial charge in [-0.05, 0) is 29.7 Å². The third-order valence-electron chi connectivity index (χ3n) is 3.49. The molecule has 3 nitrogen and oxygen atoms in total. The predicted molar refractivity (Wildman–Crippen MR) is 76.2 cm³/mol. The van der Waals surface area contributed by atoms with Gasteiger partial charge in [0.1, 0.15) is 24.7 Å². The molecule has 0 saturated carbocycles. The van der Waals surface area contributed by atoms with E-state index >= 15 is 0 Å². The van der Waals surface area contributed by atoms with Gasteiger partial charge in [0, 0.05) is 5.56 Å². The van der Waals surface area contributed by atoms with Gasteiger partial charge in [0.05, 0.1) is 6.61 Å². The van der Waals surface area contributed by atoms with Gasteiger partial charge in [0.25, 0.3) is 0 Å². The Morgan fingerprint density at radius 1 is 1.20 bits per heavy atom. The van der Waals surface area contributed by atoms with Crippen molar-refractivity contribution in [2.75, 3.05) is 13.2 Å². The van der Waals surface area contributed by atoms with Crippen molar-refractivity contribution >= 4 is 6.29 Å². The summed E-state index contributed by atoms with van der Waals surface area (Å²) >= 11 is 0. The van der Waals surface area contributed by atoms with Crippen molar-refractivity contribution in [3.05, 3.63) is 65.2 Å². The van der Waals surface area contributed by atoms with Crippen molar-refractivity contribution < 1.29 is 14.3 Å². The first-order chi connectivity index (χ1) is 9.86. The van der Waals surface area contributed by atoms with E-state index in [0.717, 1.165) is 19.3 Å². The largest absolute Gasteiger partial charge is 0.490 e. The van der Waals surface area contributed by atoms with Gasteiger partial charge >= 0.3 is 0 Å². The first-order valence-electron chi connectivity index (χ1n) is 6.74. The van der Waals surface area contributed by atoms with Crippen LogP contribution >= 0.6 is 0 Å². The molecule has 1 atom stereocenters. The number of carbonyl (C=O) groups is 1. The highest BCUT2D eigenvalue weighted by atomic mass is 16.5. The summed E-state index contributed by atoms with van der Waals surface area (Å²) in [5, 5.41) is 0. The lowest BCUT2D eigenvalue weighted by Gasteiger charge is -2.26. The Morgan fingerprint density at radius 2 is 2.10 bits per heavy atom. The van der Waals surface area contributed by atoms with Crippen LogP contribution in [0.3, 0.4) is 0 Å². The van der Waals surface area contributed by atoms with Crippen LogP contribution in [-0.2, 0) is 11.2 Å². The molecular formula is C17H16O3. The Hall–Kier alpha value is -2.13. The number of hydrogen-bond donors (Lipinski definition) is 0. The van der Waals surface area contributed by atoms with E-state index in [1.54, 1.807) is 12.1 Å². The first-order valence-corrected chi connectivity index (χ1v) is 6.74. The SMILES string of the molecule is O=Cc1cccc(OCC2OCCc3ccccc32)c1. The lowest BCUT2D eigenvalue weighted by molar-refractivity contribution is 0.0102. The van der Waals surface area contributed by atoms with Crippen molar-refractivity contribution in [3.8, 4) is 5.75 Å². The van der Waals surface area contributed by atoms with E-state index in [1.807, 2.05) is 18.2 Å². The van der Waals surface area contributed by atoms with Crippen LogP contribution in [0.1, 0.15) is 27.6 Å². The average molecular weight is 268 g/mol. The third kappa shape index (κ3) is 2.73. The maximum Gasteiger partial charge on any atom is 0.150 e. The lowest BCUT2D eigenvalue weighted by Crippen LogP contribution is -2.21. The molecule has 0 aliphatic carbocycles. The zero-order valence-electron chi connectivity index (χ0n) is 11.1. The summed E-state index contributed by atoms with van der Waals surface area (Å²) in [4.78, 5) is 10.7. The van der Waals surface area contributed by atoms with Crippen LogP contribution in [0.15, 0.2) is 48.5 Å². The number of benzene rings is 2. The molecule has 0 bridgehead atoms. The highest BCUT2D eigenvalue weighted by Crippen LogP contribution is 2.27. The van der Waals surface area contributed by atoms with E-state index in [2.05, 4.69) is 18.2 Å². The summed E-state index contributed by atoms with van der Waals surface area (Å²) in [5.74, 6) is 0.696. The van der Waals surface area contributed by atoms with Gasteiger partial charge in [-0.25, -0.2) is 0 Å². The molecule has 0 spiro atoms. The van der Waals surface area contributed by atoms with Gasteiger partial charge in [-0.2, -0.15) is 0 Å². The Kier molecular flexibility index (Phi) is 3.79. The van der Waals surface area contributed by atoms with Crippen molar-refractivity contribution in [3.63, 3.8) is 0 Å². The van der Waals surface area contributed by atoms with E-state index in [4.69, 9.17) is 9.47 Å². The number of rotatable bonds is 4. The molecule has 0 radical (unpaired) electrons. The maximum atomic E-state index is 10.7. The number of ether oxygens (including phenoxy) is 2. The Labute approximate surface area is 118 Å². The molecule has 0 saturated heterocycles. The number of aldehydes is 1. The van der Waals surface area contributed by atoms with E-state index in [9.17, 15) is 4.79 Å². The Balaban J connectivity index is 1.71. The fourth-order valence-corrected chi connectivity index (χ4v) is 2.46. The number of hydrogen-bond acceptors (Lipinski definition) is 3. The van der Waals surface area contributed by atoms with Gasteiger partial charge in [0.15, 0.2) is 0 Å². The molecular weight excluding hydrogens is 252 g/mol. The van der Waals surface area contributed by atoms with Crippen LogP contribution in [0.4, 0.5) is 0 Å². The first kappa shape index (κ1) is 12.9. The van der Waals surface area contributed by atoms with Gasteiger partial charge in [-0.1, -0.05) is 36.4 Å². The predicted octanol–water partition coefficient (Wildman–Crippen LogP) is 3.19. The molecule has 20 heavy (non-hydrogen) atoms. The summed E-state index contributed by atoms with van der Waals surface area (Å²) in [6, 6.07) is 15.5. The highest BCUT2D eigenvalue weighted by molar-refractivity contribution is 5.75. The highest BCUT2D eigenvalue weighted by Gasteiger charge is 2.20. The summed E-state index contributed by atoms with van der Waals surface area (Å²) in [7, 11) is 0. The second kappa shape index (κ2) is 5.88. The normalized spacial score (nSPS) is 17.3. The summed E-state index contributed by atoms with van der Waals surface area (Å²) in [6.45, 7) is 1.18. The van der Waals surface area contributed by atoms with Crippen LogP contribution in [0.25, 0.3) is 0 Å². The lowest BCUT2D eigenvalue weighted by atomic mass is 9.98. The van der Waals surface area contributed by atoms with E-state index < -0.39 is 0 Å². The third-order valence-corrected chi connectivity index (χ3v) is 3.49. The van der Waals surface area contributed by atoms with Gasteiger partial charge in [-0.15, -0.1) is 0 Å². The molecule has 102 valence electrons. The van der Waals surface area contributed by atoms with Crippen LogP contribution in [-0.4, -0.2) is 19.5 Å². The molecule has 1 heterocycles. The van der Waals surface area contributed by atoms with Crippen molar-refractivity contribution in [1.29, 1.82) is 0 Å². The van der Waals surface area contributed by atoms with Crippen LogP contribution in [0.2, 0.25) is 0 Å². The fourth-order valence-electron chi connectivity index (χ4n) is 2.46. The Bertz CT molecular complexity index is 607. The van der Waals surface area contributed by atoms with E-state index in [0.29, 0.717) is 17.9 Å². The van der Waals surface area contributed by atoms with Crippen LogP contribution in [0.5, 0.6) is 5.75 Å². The van der Waals surface area contributed by atoms with Crippen LogP contribution in [0, 0.1) is 0 Å². The van der Waals surface area contributed by atoms with Gasteiger partial charge < -0.3 is 9.47 Å². The quantitative estimate of drug-likeness (QED) is 0.799. The zero-order valence-corrected chi connectivity index (χ0v) is 11.1. The molecule has 1 unspecified atom stereocenters. The van der Waals surface area contributed by atoms with Crippen molar-refractivity contribution in [1.82, 2.24) is 0 Å². The minimum atomic E-state index is -0.0418. The fraction of sp³-hybridized carbons (Fsp3) is 0.235. The monoisotopic (exact) mass is 268 g/mol. The minimum absolute atomic E-state index is 0.0418. The summed E-state index contributed by atoms with van der Waals surface area (Å²) < 4.78 is 11.5. The summed E-state index contributed by atoms with van der Waals surface area (Å²) in [5.41, 5.74) is 3.15. The molecule has 2 aromatic rings. The smallest absolute Gasteiger partial charge is 0.150 e. The molecule has 0 amide bonds. The number of carbonyl (C=O) groups excluding carboxylic acids is 1. The standard InChI is InChI=1S/C17H16O3/c18-11-13-4-3-6-15(10-13)20-12-17-16-7-2-1-5-14(16)8-9-19-17/h1-7,10-11,17H,8-9,12H2. The van der Waals surface area contributed by atoms with E-state index in [-0.39, 0.29) is 6.10 Å². The molecule has 2 aromatic carbocycles.